The van der Waals surface area contributed by atoms with Gasteiger partial charge < -0.3 is 30.6 Å². The van der Waals surface area contributed by atoms with Crippen molar-refractivity contribution in [2.45, 2.75) is 57.8 Å². The fourth-order valence-corrected chi connectivity index (χ4v) is 3.75. The number of fused-ring (bicyclic) bond motifs is 1. The summed E-state index contributed by atoms with van der Waals surface area (Å²) in [5.74, 6) is -4.34. The van der Waals surface area contributed by atoms with Gasteiger partial charge in [-0.05, 0) is 19.1 Å². The van der Waals surface area contributed by atoms with E-state index in [1.807, 2.05) is 0 Å². The van der Waals surface area contributed by atoms with Crippen molar-refractivity contribution in [3.63, 3.8) is 0 Å². The molecule has 2 atom stereocenters. The molecule has 0 radical (unpaired) electrons. The van der Waals surface area contributed by atoms with Gasteiger partial charge in [-0.3, -0.25) is 9.59 Å². The van der Waals surface area contributed by atoms with Crippen molar-refractivity contribution in [2.24, 2.45) is 11.1 Å². The maximum Gasteiger partial charge on any atom is 0.405 e. The molecule has 176 valence electrons. The number of anilines is 1. The number of hydrogen-bond donors (Lipinski definition) is 3. The lowest BCUT2D eigenvalue weighted by Gasteiger charge is -2.44. The van der Waals surface area contributed by atoms with Gasteiger partial charge in [-0.25, -0.2) is 9.18 Å². The van der Waals surface area contributed by atoms with Gasteiger partial charge in [0.15, 0.2) is 17.2 Å². The summed E-state index contributed by atoms with van der Waals surface area (Å²) in [6.45, 7) is 6.70. The summed E-state index contributed by atoms with van der Waals surface area (Å²) in [7, 11) is 0. The molecule has 2 aliphatic rings. The molecule has 1 aromatic rings. The zero-order valence-electron chi connectivity index (χ0n) is 18.3. The predicted molar refractivity (Wildman–Crippen MR) is 109 cm³/mol. The maximum absolute atomic E-state index is 14.6. The number of benzene rings is 1. The van der Waals surface area contributed by atoms with Crippen LogP contribution in [0.3, 0.4) is 0 Å². The van der Waals surface area contributed by atoms with Gasteiger partial charge in [0.1, 0.15) is 11.6 Å². The van der Waals surface area contributed by atoms with E-state index in [9.17, 15) is 23.2 Å². The monoisotopic (exact) mass is 455 g/mol. The minimum atomic E-state index is -1.75. The highest BCUT2D eigenvalue weighted by molar-refractivity contribution is 6.01. The lowest BCUT2D eigenvalue weighted by atomic mass is 9.76. The molecule has 0 unspecified atom stereocenters. The number of carbonyl (C=O) groups is 3. The normalized spacial score (nSPS) is 21.9. The Morgan fingerprint density at radius 3 is 2.41 bits per heavy atom. The van der Waals surface area contributed by atoms with E-state index in [2.05, 4.69) is 10.6 Å². The van der Waals surface area contributed by atoms with Crippen molar-refractivity contribution < 1.29 is 37.4 Å². The molecule has 3 rings (SSSR count). The summed E-state index contributed by atoms with van der Waals surface area (Å²) in [4.78, 5) is 38.0. The quantitative estimate of drug-likeness (QED) is 0.641. The number of hydrogen-bond acceptors (Lipinski definition) is 6. The standard InChI is InChI=1S/C21H27F2N3O6/c1-19(2,3)20(4,32-18(24)29)17(28)26-15-16(27)25-12-6-5-11(22)13(23)14(12)31-21(15)7-9-30-10-8-21/h5-6,15H,7-10H2,1-4H3,(H2,24,29)(H,25,27)(H,26,28)/t15-,20+/m0/s1. The molecule has 9 nitrogen and oxygen atoms in total. The van der Waals surface area contributed by atoms with Crippen LogP contribution in [0.5, 0.6) is 5.75 Å². The van der Waals surface area contributed by atoms with E-state index in [1.54, 1.807) is 20.8 Å². The van der Waals surface area contributed by atoms with E-state index in [1.165, 1.54) is 13.0 Å². The van der Waals surface area contributed by atoms with Crippen LogP contribution < -0.4 is 21.1 Å². The predicted octanol–water partition coefficient (Wildman–Crippen LogP) is 2.23. The van der Waals surface area contributed by atoms with Gasteiger partial charge in [0.25, 0.3) is 11.8 Å². The van der Waals surface area contributed by atoms with Gasteiger partial charge in [-0.15, -0.1) is 0 Å². The van der Waals surface area contributed by atoms with E-state index >= 15 is 0 Å². The van der Waals surface area contributed by atoms with E-state index in [0.717, 1.165) is 6.07 Å². The van der Waals surface area contributed by atoms with Crippen LogP contribution in [-0.4, -0.2) is 48.4 Å². The largest absolute Gasteiger partial charge is 0.479 e. The molecule has 0 aromatic heterocycles. The van der Waals surface area contributed by atoms with Crippen molar-refractivity contribution in [3.8, 4) is 5.75 Å². The van der Waals surface area contributed by atoms with Crippen LogP contribution in [0.2, 0.25) is 0 Å². The fraction of sp³-hybridized carbons (Fsp3) is 0.571. The molecular weight excluding hydrogens is 428 g/mol. The molecule has 0 saturated carbocycles. The molecule has 11 heteroatoms. The molecule has 1 aromatic carbocycles. The number of amides is 3. The van der Waals surface area contributed by atoms with Gasteiger partial charge in [-0.1, -0.05) is 20.8 Å². The molecule has 32 heavy (non-hydrogen) atoms. The minimum Gasteiger partial charge on any atom is -0.479 e. The first-order valence-electron chi connectivity index (χ1n) is 10.2. The number of rotatable bonds is 3. The first kappa shape index (κ1) is 23.7. The Kier molecular flexibility index (Phi) is 6.07. The van der Waals surface area contributed by atoms with Gasteiger partial charge in [-0.2, -0.15) is 4.39 Å². The highest BCUT2D eigenvalue weighted by Gasteiger charge is 2.54. The molecule has 1 spiro atoms. The van der Waals surface area contributed by atoms with Gasteiger partial charge in [0, 0.05) is 18.3 Å². The number of ether oxygens (including phenoxy) is 3. The van der Waals surface area contributed by atoms with Crippen LogP contribution in [0.15, 0.2) is 12.1 Å². The number of nitrogens with one attached hydrogen (secondary N) is 2. The summed E-state index contributed by atoms with van der Waals surface area (Å²) >= 11 is 0. The van der Waals surface area contributed by atoms with E-state index in [0.29, 0.717) is 0 Å². The SMILES string of the molecule is CC(C)(C)[C@](C)(OC(N)=O)C(=O)N[C@H]1C(=O)Nc2ccc(F)c(F)c2OC12CCOCC2. The summed E-state index contributed by atoms with van der Waals surface area (Å²) in [5.41, 5.74) is 1.04. The Balaban J connectivity index is 2.04. The second kappa shape index (κ2) is 8.19. The van der Waals surface area contributed by atoms with Crippen molar-refractivity contribution >= 4 is 23.6 Å². The molecule has 3 amide bonds. The van der Waals surface area contributed by atoms with Crippen molar-refractivity contribution in [2.75, 3.05) is 18.5 Å². The lowest BCUT2D eigenvalue weighted by molar-refractivity contribution is -0.155. The third-order valence-corrected chi connectivity index (χ3v) is 6.19. The second-order valence-electron chi connectivity index (χ2n) is 9.12. The Bertz CT molecular complexity index is 942. The van der Waals surface area contributed by atoms with Crippen molar-refractivity contribution in [1.82, 2.24) is 5.32 Å². The van der Waals surface area contributed by atoms with Crippen LogP contribution in [-0.2, 0) is 19.1 Å². The molecule has 0 aliphatic carbocycles. The Morgan fingerprint density at radius 2 is 1.84 bits per heavy atom. The van der Waals surface area contributed by atoms with Crippen LogP contribution >= 0.6 is 0 Å². The fourth-order valence-electron chi connectivity index (χ4n) is 3.75. The summed E-state index contributed by atoms with van der Waals surface area (Å²) in [6.07, 6.45) is -0.933. The van der Waals surface area contributed by atoms with Crippen molar-refractivity contribution in [3.05, 3.63) is 23.8 Å². The second-order valence-corrected chi connectivity index (χ2v) is 9.12. The van der Waals surface area contributed by atoms with Crippen LogP contribution in [0.4, 0.5) is 19.3 Å². The zero-order chi connectivity index (χ0) is 23.9. The first-order chi connectivity index (χ1) is 14.8. The Morgan fingerprint density at radius 1 is 1.22 bits per heavy atom. The molecule has 1 saturated heterocycles. The molecule has 2 aliphatic heterocycles. The molecule has 0 bridgehead atoms. The van der Waals surface area contributed by atoms with Crippen LogP contribution in [0.1, 0.15) is 40.5 Å². The molecule has 4 N–H and O–H groups in total. The van der Waals surface area contributed by atoms with E-state index in [4.69, 9.17) is 19.9 Å². The van der Waals surface area contributed by atoms with Crippen LogP contribution in [0, 0.1) is 17.0 Å². The summed E-state index contributed by atoms with van der Waals surface area (Å²) in [5, 5.41) is 5.10. The maximum atomic E-state index is 14.6. The van der Waals surface area contributed by atoms with Gasteiger partial charge in [0.05, 0.1) is 18.9 Å². The topological polar surface area (TPSA) is 129 Å². The smallest absolute Gasteiger partial charge is 0.405 e. The van der Waals surface area contributed by atoms with Gasteiger partial charge >= 0.3 is 6.09 Å². The molecular formula is C21H27F2N3O6. The highest BCUT2D eigenvalue weighted by atomic mass is 19.2. The average molecular weight is 455 g/mol. The lowest BCUT2D eigenvalue weighted by Crippen LogP contribution is -2.67. The van der Waals surface area contributed by atoms with Crippen molar-refractivity contribution in [1.29, 1.82) is 0 Å². The van der Waals surface area contributed by atoms with Gasteiger partial charge in [0.2, 0.25) is 5.82 Å². The third kappa shape index (κ3) is 4.08. The number of halogens is 2. The van der Waals surface area contributed by atoms with E-state index < -0.39 is 58.0 Å². The Hall–Kier alpha value is -2.95. The molecule has 2 heterocycles. The number of carbonyl (C=O) groups excluding carboxylic acids is 3. The number of nitrogens with two attached hydrogens (primary N) is 1. The average Bonchev–Trinajstić information content (AvgIpc) is 2.80. The Labute approximate surface area is 183 Å². The summed E-state index contributed by atoms with van der Waals surface area (Å²) in [6, 6.07) is 0.718. The number of primary amides is 1. The third-order valence-electron chi connectivity index (χ3n) is 6.19. The highest BCUT2D eigenvalue weighted by Crippen LogP contribution is 2.41. The van der Waals surface area contributed by atoms with E-state index in [-0.39, 0.29) is 31.7 Å². The minimum absolute atomic E-state index is 0.0662. The van der Waals surface area contributed by atoms with Crippen LogP contribution in [0.25, 0.3) is 0 Å². The molecule has 1 fully saturated rings. The first-order valence-corrected chi connectivity index (χ1v) is 10.2. The summed E-state index contributed by atoms with van der Waals surface area (Å²) < 4.78 is 44.9. The zero-order valence-corrected chi connectivity index (χ0v) is 18.3.